The zero-order valence-corrected chi connectivity index (χ0v) is 12.8. The molecule has 0 saturated carbocycles. The third kappa shape index (κ3) is 3.28. The summed E-state index contributed by atoms with van der Waals surface area (Å²) in [6.45, 7) is 1.50. The first-order valence-electron chi connectivity index (χ1n) is 7.54. The topological polar surface area (TPSA) is 83.1 Å². The van der Waals surface area contributed by atoms with Crippen molar-refractivity contribution in [2.45, 2.75) is 31.6 Å². The number of nitrogens with one attached hydrogen (secondary N) is 1. The summed E-state index contributed by atoms with van der Waals surface area (Å²) >= 11 is 0. The number of rotatable bonds is 2. The molecule has 0 radical (unpaired) electrons. The van der Waals surface area contributed by atoms with Crippen LogP contribution in [-0.2, 0) is 14.6 Å². The van der Waals surface area contributed by atoms with Gasteiger partial charge in [0.2, 0.25) is 5.91 Å². The van der Waals surface area contributed by atoms with Crippen LogP contribution in [0.5, 0.6) is 0 Å². The Hall–Kier alpha value is -1.37. The maximum absolute atomic E-state index is 12.6. The first-order chi connectivity index (χ1) is 10.1. The molecule has 6 nitrogen and oxygen atoms in total. The van der Waals surface area contributed by atoms with E-state index in [0.717, 1.165) is 25.1 Å². The Morgan fingerprint density at radius 2 is 2.05 bits per heavy atom. The number of carbonyl (C=O) groups excluding carboxylic acids is 1. The molecule has 7 heteroatoms. The second kappa shape index (κ2) is 5.79. The number of sulfone groups is 1. The molecule has 2 fully saturated rings. The van der Waals surface area contributed by atoms with Crippen molar-refractivity contribution in [2.75, 3.05) is 24.6 Å². The highest BCUT2D eigenvalue weighted by Crippen LogP contribution is 2.28. The minimum Gasteiger partial charge on any atom is -0.342 e. The molecular formula is C14H21N3O3S. The van der Waals surface area contributed by atoms with Gasteiger partial charge in [0, 0.05) is 36.8 Å². The number of carbonyl (C=O) groups is 1. The molecule has 1 atom stereocenters. The largest absolute Gasteiger partial charge is 0.342 e. The summed E-state index contributed by atoms with van der Waals surface area (Å²) in [5, 5.41) is 6.97. The van der Waals surface area contributed by atoms with Crippen LogP contribution < -0.4 is 0 Å². The average Bonchev–Trinajstić information content (AvgIpc) is 3.01. The van der Waals surface area contributed by atoms with Gasteiger partial charge in [0.25, 0.3) is 0 Å². The van der Waals surface area contributed by atoms with E-state index in [0.29, 0.717) is 25.3 Å². The van der Waals surface area contributed by atoms with Crippen molar-refractivity contribution in [1.82, 2.24) is 15.1 Å². The van der Waals surface area contributed by atoms with Gasteiger partial charge in [-0.05, 0) is 31.7 Å². The van der Waals surface area contributed by atoms with Crippen LogP contribution in [0.15, 0.2) is 12.3 Å². The number of amides is 1. The van der Waals surface area contributed by atoms with E-state index in [-0.39, 0.29) is 23.3 Å². The van der Waals surface area contributed by atoms with Crippen molar-refractivity contribution in [3.8, 4) is 0 Å². The van der Waals surface area contributed by atoms with Crippen molar-refractivity contribution < 1.29 is 13.2 Å². The predicted octanol–water partition coefficient (Wildman–Crippen LogP) is 0.940. The van der Waals surface area contributed by atoms with Crippen molar-refractivity contribution >= 4 is 15.7 Å². The molecule has 1 aromatic rings. The molecule has 1 amide bonds. The smallest absolute Gasteiger partial charge is 0.225 e. The van der Waals surface area contributed by atoms with Gasteiger partial charge >= 0.3 is 0 Å². The van der Waals surface area contributed by atoms with Gasteiger partial charge in [-0.15, -0.1) is 0 Å². The molecule has 3 rings (SSSR count). The number of piperidine rings is 1. The minimum atomic E-state index is -2.91. The Kier molecular flexibility index (Phi) is 4.01. The van der Waals surface area contributed by atoms with Crippen LogP contribution in [-0.4, -0.2) is 54.0 Å². The zero-order chi connectivity index (χ0) is 14.9. The molecule has 1 N–H and O–H groups in total. The van der Waals surface area contributed by atoms with Crippen molar-refractivity contribution in [2.24, 2.45) is 5.92 Å². The van der Waals surface area contributed by atoms with Gasteiger partial charge in [-0.25, -0.2) is 8.42 Å². The summed E-state index contributed by atoms with van der Waals surface area (Å²) in [5.41, 5.74) is 1.08. The molecule has 0 unspecified atom stereocenters. The summed E-state index contributed by atoms with van der Waals surface area (Å²) in [6.07, 6.45) is 4.74. The van der Waals surface area contributed by atoms with Gasteiger partial charge in [0.05, 0.1) is 11.5 Å². The van der Waals surface area contributed by atoms with Gasteiger partial charge in [-0.1, -0.05) is 0 Å². The monoisotopic (exact) mass is 311 g/mol. The van der Waals surface area contributed by atoms with E-state index < -0.39 is 9.84 Å². The van der Waals surface area contributed by atoms with Crippen LogP contribution in [0.2, 0.25) is 0 Å². The Balaban J connectivity index is 1.62. The first kappa shape index (κ1) is 14.6. The van der Waals surface area contributed by atoms with Crippen LogP contribution in [0.4, 0.5) is 0 Å². The van der Waals surface area contributed by atoms with Gasteiger partial charge < -0.3 is 4.90 Å². The van der Waals surface area contributed by atoms with Crippen LogP contribution in [0.1, 0.15) is 37.3 Å². The highest BCUT2D eigenvalue weighted by molar-refractivity contribution is 7.91. The standard InChI is InChI=1S/C14H21N3O3S/c18-14(11-4-8-21(19,20)9-5-11)17-7-1-2-12(10-17)13-3-6-15-16-13/h3,6,11-12H,1-2,4-5,7-10H2,(H,15,16)/t12-/m1/s1. The summed E-state index contributed by atoms with van der Waals surface area (Å²) in [7, 11) is -2.91. The lowest BCUT2D eigenvalue weighted by molar-refractivity contribution is -0.137. The second-order valence-corrected chi connectivity index (χ2v) is 8.37. The quantitative estimate of drug-likeness (QED) is 0.881. The lowest BCUT2D eigenvalue weighted by Crippen LogP contribution is -2.44. The molecular weight excluding hydrogens is 290 g/mol. The minimum absolute atomic E-state index is 0.117. The molecule has 2 aliphatic rings. The van der Waals surface area contributed by atoms with Gasteiger partial charge in [-0.3, -0.25) is 9.89 Å². The van der Waals surface area contributed by atoms with Crippen LogP contribution in [0.25, 0.3) is 0 Å². The maximum Gasteiger partial charge on any atom is 0.225 e. The molecule has 0 aromatic carbocycles. The van der Waals surface area contributed by atoms with Crippen molar-refractivity contribution in [3.05, 3.63) is 18.0 Å². The number of H-pyrrole nitrogens is 1. The summed E-state index contributed by atoms with van der Waals surface area (Å²) in [5.74, 6) is 0.642. The van der Waals surface area contributed by atoms with Gasteiger partial charge in [0.1, 0.15) is 9.84 Å². The summed E-state index contributed by atoms with van der Waals surface area (Å²) < 4.78 is 22.9. The van der Waals surface area contributed by atoms with Crippen molar-refractivity contribution in [3.63, 3.8) is 0 Å². The van der Waals surface area contributed by atoms with E-state index in [1.807, 2.05) is 11.0 Å². The number of hydrogen-bond donors (Lipinski definition) is 1. The third-order valence-electron chi connectivity index (χ3n) is 4.60. The molecule has 1 aromatic heterocycles. The fourth-order valence-electron chi connectivity index (χ4n) is 3.32. The fourth-order valence-corrected chi connectivity index (χ4v) is 4.81. The molecule has 0 aliphatic carbocycles. The predicted molar refractivity (Wildman–Crippen MR) is 78.5 cm³/mol. The Labute approximate surface area is 124 Å². The van der Waals surface area contributed by atoms with E-state index in [1.54, 1.807) is 6.20 Å². The van der Waals surface area contributed by atoms with Crippen LogP contribution in [0, 0.1) is 5.92 Å². The Morgan fingerprint density at radius 1 is 1.29 bits per heavy atom. The van der Waals surface area contributed by atoms with E-state index in [9.17, 15) is 13.2 Å². The van der Waals surface area contributed by atoms with Gasteiger partial charge in [0.15, 0.2) is 0 Å². The summed E-state index contributed by atoms with van der Waals surface area (Å²) in [4.78, 5) is 14.5. The number of aromatic amines is 1. The fraction of sp³-hybridized carbons (Fsp3) is 0.714. The van der Waals surface area contributed by atoms with E-state index >= 15 is 0 Å². The lowest BCUT2D eigenvalue weighted by atomic mass is 9.92. The molecule has 2 saturated heterocycles. The molecule has 0 bridgehead atoms. The average molecular weight is 311 g/mol. The second-order valence-electron chi connectivity index (χ2n) is 6.06. The van der Waals surface area contributed by atoms with Crippen molar-refractivity contribution in [1.29, 1.82) is 0 Å². The van der Waals surface area contributed by atoms with E-state index in [2.05, 4.69) is 10.2 Å². The molecule has 3 heterocycles. The van der Waals surface area contributed by atoms with E-state index in [1.165, 1.54) is 0 Å². The molecule has 116 valence electrons. The highest BCUT2D eigenvalue weighted by atomic mass is 32.2. The highest BCUT2D eigenvalue weighted by Gasteiger charge is 2.33. The Morgan fingerprint density at radius 3 is 2.71 bits per heavy atom. The number of aromatic nitrogens is 2. The number of hydrogen-bond acceptors (Lipinski definition) is 4. The van der Waals surface area contributed by atoms with Gasteiger partial charge in [-0.2, -0.15) is 5.10 Å². The number of nitrogens with zero attached hydrogens (tertiary/aromatic N) is 2. The first-order valence-corrected chi connectivity index (χ1v) is 9.36. The molecule has 21 heavy (non-hydrogen) atoms. The lowest BCUT2D eigenvalue weighted by Gasteiger charge is -2.35. The third-order valence-corrected chi connectivity index (χ3v) is 6.31. The summed E-state index contributed by atoms with van der Waals surface area (Å²) in [6, 6.07) is 1.96. The molecule has 0 spiro atoms. The maximum atomic E-state index is 12.6. The van der Waals surface area contributed by atoms with Crippen LogP contribution >= 0.6 is 0 Å². The molecule has 2 aliphatic heterocycles. The SMILES string of the molecule is O=C(C1CCS(=O)(=O)CC1)N1CCC[C@@H](c2ccn[nH]2)C1. The normalized spacial score (nSPS) is 26.7. The number of likely N-dealkylation sites (tertiary alicyclic amines) is 1. The Bertz CT molecular complexity index is 583. The van der Waals surface area contributed by atoms with Crippen LogP contribution in [0.3, 0.4) is 0 Å². The van der Waals surface area contributed by atoms with E-state index in [4.69, 9.17) is 0 Å². The zero-order valence-electron chi connectivity index (χ0n) is 12.0.